The minimum atomic E-state index is -4.02. The van der Waals surface area contributed by atoms with Crippen LogP contribution in [0.5, 0.6) is 0 Å². The van der Waals surface area contributed by atoms with Crippen LogP contribution >= 0.6 is 0 Å². The molecule has 1 atom stereocenters. The zero-order chi connectivity index (χ0) is 9.90. The van der Waals surface area contributed by atoms with E-state index in [9.17, 15) is 13.2 Å². The number of likely N-dealkylation sites (tertiary alicyclic amines) is 1. The smallest absolute Gasteiger partial charge is 0.307 e. The van der Waals surface area contributed by atoms with Crippen molar-refractivity contribution in [1.29, 1.82) is 0 Å². The zero-order valence-electron chi connectivity index (χ0n) is 7.69. The molecular formula is C8H15F3N2. The van der Waals surface area contributed by atoms with Crippen LogP contribution in [0.3, 0.4) is 0 Å². The second-order valence-corrected chi connectivity index (χ2v) is 3.47. The number of hydrogen-bond acceptors (Lipinski definition) is 2. The van der Waals surface area contributed by atoms with Crippen LogP contribution in [0.1, 0.15) is 12.8 Å². The molecule has 0 radical (unpaired) electrons. The molecule has 1 aliphatic heterocycles. The van der Waals surface area contributed by atoms with Crippen LogP contribution in [0.2, 0.25) is 0 Å². The molecule has 1 aliphatic rings. The summed E-state index contributed by atoms with van der Waals surface area (Å²) in [6.45, 7) is 1.46. The van der Waals surface area contributed by atoms with Crippen molar-refractivity contribution < 1.29 is 13.2 Å². The highest BCUT2D eigenvalue weighted by atomic mass is 19.4. The molecule has 0 aromatic carbocycles. The van der Waals surface area contributed by atoms with Gasteiger partial charge < -0.3 is 5.32 Å². The van der Waals surface area contributed by atoms with E-state index >= 15 is 0 Å². The molecule has 1 saturated heterocycles. The van der Waals surface area contributed by atoms with Gasteiger partial charge in [-0.1, -0.05) is 0 Å². The Morgan fingerprint density at radius 2 is 2.15 bits per heavy atom. The highest BCUT2D eigenvalue weighted by molar-refractivity contribution is 4.77. The Morgan fingerprint density at radius 3 is 2.69 bits per heavy atom. The van der Waals surface area contributed by atoms with E-state index in [4.69, 9.17) is 0 Å². The van der Waals surface area contributed by atoms with Gasteiger partial charge in [0.25, 0.3) is 0 Å². The predicted molar refractivity (Wildman–Crippen MR) is 44.3 cm³/mol. The van der Waals surface area contributed by atoms with Gasteiger partial charge in [-0.05, 0) is 26.4 Å². The fourth-order valence-electron chi connectivity index (χ4n) is 1.69. The van der Waals surface area contributed by atoms with Crippen molar-refractivity contribution in [2.75, 3.05) is 26.8 Å². The van der Waals surface area contributed by atoms with E-state index < -0.39 is 12.1 Å². The van der Waals surface area contributed by atoms with Crippen LogP contribution in [-0.2, 0) is 0 Å². The third-order valence-corrected chi connectivity index (χ3v) is 2.35. The van der Waals surface area contributed by atoms with Crippen LogP contribution in [0, 0.1) is 5.92 Å². The molecule has 0 amide bonds. The first-order valence-electron chi connectivity index (χ1n) is 4.47. The van der Waals surface area contributed by atoms with E-state index in [0.717, 1.165) is 6.54 Å². The summed E-state index contributed by atoms with van der Waals surface area (Å²) in [5, 5.41) is 2.87. The van der Waals surface area contributed by atoms with E-state index in [0.29, 0.717) is 13.1 Å². The average molecular weight is 196 g/mol. The molecule has 2 nitrogen and oxygen atoms in total. The maximum atomic E-state index is 12.3. The fourth-order valence-corrected chi connectivity index (χ4v) is 1.69. The molecule has 1 fully saturated rings. The van der Waals surface area contributed by atoms with Gasteiger partial charge in [0, 0.05) is 13.2 Å². The molecule has 0 aromatic rings. The Bertz CT molecular complexity index is 156. The normalized spacial score (nSPS) is 26.3. The molecule has 1 rings (SSSR count). The van der Waals surface area contributed by atoms with Crippen molar-refractivity contribution in [3.05, 3.63) is 0 Å². The topological polar surface area (TPSA) is 15.3 Å². The summed E-state index contributed by atoms with van der Waals surface area (Å²) >= 11 is 0. The second kappa shape index (κ2) is 4.28. The minimum absolute atomic E-state index is 0.143. The molecule has 1 N–H and O–H groups in total. The Balaban J connectivity index is 2.42. The van der Waals surface area contributed by atoms with Crippen molar-refractivity contribution in [2.24, 2.45) is 5.92 Å². The molecule has 0 spiro atoms. The summed E-state index contributed by atoms with van der Waals surface area (Å²) in [4.78, 5) is 1.81. The third kappa shape index (κ3) is 3.15. The highest BCUT2D eigenvalue weighted by Crippen LogP contribution is 2.32. The van der Waals surface area contributed by atoms with Gasteiger partial charge in [0.1, 0.15) is 0 Å². The number of rotatable bonds is 2. The monoisotopic (exact) mass is 196 g/mol. The van der Waals surface area contributed by atoms with Gasteiger partial charge in [-0.2, -0.15) is 13.2 Å². The predicted octanol–water partition coefficient (Wildman–Crippen LogP) is 1.44. The number of nitrogens with one attached hydrogen (secondary N) is 1. The van der Waals surface area contributed by atoms with Crippen molar-refractivity contribution in [3.8, 4) is 0 Å². The van der Waals surface area contributed by atoms with E-state index in [2.05, 4.69) is 5.32 Å². The summed E-state index contributed by atoms with van der Waals surface area (Å²) in [5.41, 5.74) is 0. The average Bonchev–Trinajstić information content (AvgIpc) is 2.04. The standard InChI is InChI=1S/C8H15F3N2/c1-12-6-13-4-2-3-7(5-13)8(9,10)11/h7,12H,2-6H2,1H3. The van der Waals surface area contributed by atoms with E-state index in [1.807, 2.05) is 4.90 Å². The Morgan fingerprint density at radius 1 is 1.46 bits per heavy atom. The maximum absolute atomic E-state index is 12.3. The minimum Gasteiger partial charge on any atom is -0.307 e. The molecule has 0 aromatic heterocycles. The molecular weight excluding hydrogens is 181 g/mol. The summed E-state index contributed by atoms with van der Waals surface area (Å²) < 4.78 is 36.9. The quantitative estimate of drug-likeness (QED) is 0.719. The lowest BCUT2D eigenvalue weighted by molar-refractivity contribution is -0.186. The Hall–Kier alpha value is -0.290. The number of piperidine rings is 1. The van der Waals surface area contributed by atoms with Gasteiger partial charge in [-0.25, -0.2) is 0 Å². The van der Waals surface area contributed by atoms with Crippen molar-refractivity contribution >= 4 is 0 Å². The molecule has 1 unspecified atom stereocenters. The zero-order valence-corrected chi connectivity index (χ0v) is 7.69. The second-order valence-electron chi connectivity index (χ2n) is 3.47. The first kappa shape index (κ1) is 10.8. The van der Waals surface area contributed by atoms with Gasteiger partial charge in [0.15, 0.2) is 0 Å². The summed E-state index contributed by atoms with van der Waals surface area (Å²) in [7, 11) is 1.75. The molecule has 0 aliphatic carbocycles. The van der Waals surface area contributed by atoms with E-state index in [1.165, 1.54) is 0 Å². The number of nitrogens with zero attached hydrogens (tertiary/aromatic N) is 1. The van der Waals surface area contributed by atoms with Crippen LogP contribution in [0.15, 0.2) is 0 Å². The van der Waals surface area contributed by atoms with Crippen LogP contribution in [0.4, 0.5) is 13.2 Å². The van der Waals surface area contributed by atoms with Crippen LogP contribution < -0.4 is 5.32 Å². The Labute approximate surface area is 76.1 Å². The molecule has 1 heterocycles. The van der Waals surface area contributed by atoms with Crippen molar-refractivity contribution in [2.45, 2.75) is 19.0 Å². The fraction of sp³-hybridized carbons (Fsp3) is 1.00. The lowest BCUT2D eigenvalue weighted by atomic mass is 9.98. The van der Waals surface area contributed by atoms with Gasteiger partial charge in [0.2, 0.25) is 0 Å². The van der Waals surface area contributed by atoms with Gasteiger partial charge in [-0.15, -0.1) is 0 Å². The molecule has 0 bridgehead atoms. The van der Waals surface area contributed by atoms with Crippen molar-refractivity contribution in [3.63, 3.8) is 0 Å². The maximum Gasteiger partial charge on any atom is 0.393 e. The number of alkyl halides is 3. The van der Waals surface area contributed by atoms with Gasteiger partial charge in [-0.3, -0.25) is 4.90 Å². The molecule has 5 heteroatoms. The number of halogens is 3. The first-order valence-corrected chi connectivity index (χ1v) is 4.47. The summed E-state index contributed by atoms with van der Waals surface area (Å²) in [6, 6.07) is 0. The van der Waals surface area contributed by atoms with Crippen LogP contribution in [-0.4, -0.2) is 37.9 Å². The van der Waals surface area contributed by atoms with Crippen LogP contribution in [0.25, 0.3) is 0 Å². The third-order valence-electron chi connectivity index (χ3n) is 2.35. The summed E-state index contributed by atoms with van der Waals surface area (Å²) in [6.07, 6.45) is -3.10. The van der Waals surface area contributed by atoms with Gasteiger partial charge in [0.05, 0.1) is 5.92 Å². The van der Waals surface area contributed by atoms with Gasteiger partial charge >= 0.3 is 6.18 Å². The largest absolute Gasteiger partial charge is 0.393 e. The molecule has 78 valence electrons. The molecule has 0 saturated carbocycles. The van der Waals surface area contributed by atoms with E-state index in [-0.39, 0.29) is 13.0 Å². The molecule has 13 heavy (non-hydrogen) atoms. The lowest BCUT2D eigenvalue weighted by Crippen LogP contribution is -2.44. The number of hydrogen-bond donors (Lipinski definition) is 1. The lowest BCUT2D eigenvalue weighted by Gasteiger charge is -2.33. The van der Waals surface area contributed by atoms with Crippen molar-refractivity contribution in [1.82, 2.24) is 10.2 Å². The first-order chi connectivity index (χ1) is 6.04. The highest BCUT2D eigenvalue weighted by Gasteiger charge is 2.41. The summed E-state index contributed by atoms with van der Waals surface area (Å²) in [5.74, 6) is -1.13. The van der Waals surface area contributed by atoms with E-state index in [1.54, 1.807) is 7.05 Å². The Kier molecular flexibility index (Phi) is 3.55. The SMILES string of the molecule is CNCN1CCCC(C(F)(F)F)C1.